The summed E-state index contributed by atoms with van der Waals surface area (Å²) in [6.45, 7) is 7.26. The number of hydrogen-bond acceptors (Lipinski definition) is 24. The summed E-state index contributed by atoms with van der Waals surface area (Å²) >= 11 is 0. The number of aliphatic hydroxyl groups is 7. The van der Waals surface area contributed by atoms with Crippen molar-refractivity contribution in [3.63, 3.8) is 0 Å². The van der Waals surface area contributed by atoms with Gasteiger partial charge in [-0.25, -0.2) is 4.79 Å². The van der Waals surface area contributed by atoms with Crippen LogP contribution in [0.25, 0.3) is 0 Å². The Morgan fingerprint density at radius 3 is 1.73 bits per heavy atom. The van der Waals surface area contributed by atoms with E-state index in [9.17, 15) is 108 Å². The van der Waals surface area contributed by atoms with E-state index in [-0.39, 0.29) is 38.0 Å². The topological polar surface area (TPSA) is 589 Å². The van der Waals surface area contributed by atoms with Crippen molar-refractivity contribution >= 4 is 82.8 Å². The molecule has 22 N–H and O–H groups in total. The zero-order chi connectivity index (χ0) is 72.3. The number of aromatic hydroxyl groups is 1. The van der Waals surface area contributed by atoms with Gasteiger partial charge >= 0.3 is 5.97 Å². The molecule has 3 fully saturated rings. The Hall–Kier alpha value is -8.72. The molecule has 0 radical (unpaired) electrons. The molecule has 3 heterocycles. The summed E-state index contributed by atoms with van der Waals surface area (Å²) in [7, 11) is 0. The number of ether oxygens (including phenoxy) is 1. The van der Waals surface area contributed by atoms with Crippen molar-refractivity contribution in [2.24, 2.45) is 17.4 Å². The molecule has 3 aliphatic heterocycles. The molecule has 1 aromatic rings. The number of nitrogens with zero attached hydrogens (tertiary/aromatic N) is 2. The fourth-order valence-corrected chi connectivity index (χ4v) is 10.6. The minimum absolute atomic E-state index is 0.0187. The smallest absolute Gasteiger partial charge is 0.328 e. The van der Waals surface area contributed by atoms with Crippen LogP contribution in [0.2, 0.25) is 0 Å². The van der Waals surface area contributed by atoms with Crippen LogP contribution in [0.15, 0.2) is 18.2 Å². The van der Waals surface area contributed by atoms with E-state index in [1.165, 1.54) is 39.0 Å². The third-order valence-electron chi connectivity index (χ3n) is 16.0. The molecule has 3 aliphatic rings. The van der Waals surface area contributed by atoms with Crippen LogP contribution in [0, 0.1) is 12.8 Å². The van der Waals surface area contributed by atoms with Gasteiger partial charge in [0.25, 0.3) is 0 Å². The van der Waals surface area contributed by atoms with Crippen LogP contribution in [-0.2, 0) is 78.3 Å². The van der Waals surface area contributed by atoms with Crippen molar-refractivity contribution in [2.45, 2.75) is 210 Å². The molecule has 1 aromatic carbocycles. The highest BCUT2D eigenvalue weighted by atomic mass is 16.5. The number of amides is 13. The highest BCUT2D eigenvalue weighted by Gasteiger charge is 2.48. The molecule has 96 heavy (non-hydrogen) atoms. The van der Waals surface area contributed by atoms with Gasteiger partial charge in [-0.3, -0.25) is 62.3 Å². The van der Waals surface area contributed by atoms with Crippen LogP contribution < -0.4 is 64.6 Å². The van der Waals surface area contributed by atoms with E-state index in [2.05, 4.69) is 53.2 Å². The molecule has 13 amide bonds. The summed E-state index contributed by atoms with van der Waals surface area (Å²) in [5.74, 6) is -17.3. The van der Waals surface area contributed by atoms with Crippen molar-refractivity contribution in [1.82, 2.24) is 63.0 Å². The van der Waals surface area contributed by atoms with Gasteiger partial charge in [-0.05, 0) is 90.5 Å². The molecular weight excluding hydrogens is 1270 g/mol. The van der Waals surface area contributed by atoms with Gasteiger partial charge in [0.2, 0.25) is 76.8 Å². The molecule has 18 atom stereocenters. The number of aryl methyl sites for hydroxylation is 1. The maximum Gasteiger partial charge on any atom is 0.328 e. The Bertz CT molecular complexity index is 3010. The molecule has 0 saturated carbocycles. The first-order valence-corrected chi connectivity index (χ1v) is 31.2. The number of nitrogens with one attached hydrogen (secondary N) is 10. The Morgan fingerprint density at radius 1 is 0.625 bits per heavy atom. The van der Waals surface area contributed by atoms with Crippen molar-refractivity contribution < 1.29 is 113 Å². The quantitative estimate of drug-likeness (QED) is 0.0816. The van der Waals surface area contributed by atoms with Crippen LogP contribution in [0.1, 0.15) is 98.1 Å². The standard InChI is InChI=1S/C59H92N14O23/c1-24(2)42-57(93)73-23-32(78)20-35(73)51(87)69-45(29(7)76)55(91)70-46(30(8)77)58(94)72-16-13-37(80)48(72)56(92)71-47(38(81)21-39(61)82)52(88)62-22-41(84)67-44(28(6)75)54(90)64-33(10-9-15-60)59(95)96-17-14-40(83)66-43(27(5)74)53(89)63-26(4)49(85)65-34(50(86)68-42)19-31-11-12-36(79)25(3)18-31/h11-12,18,24,26-30,32-35,37-38,42-48,74-81H,9-10,13-17,19-23,60H2,1-8H3,(H2,61,82)(H,62,88)(H,63,89)(H,64,90)(H,65,85)(H,66,83)(H,67,84)(H,68,86)(H,69,87)(H,70,91)(H,71,92). The normalized spacial score (nSPS) is 29.4. The Kier molecular flexibility index (Phi) is 30.2. The summed E-state index contributed by atoms with van der Waals surface area (Å²) in [5, 5.41) is 109. The Balaban J connectivity index is 1.76. The van der Waals surface area contributed by atoms with Crippen molar-refractivity contribution in [1.29, 1.82) is 0 Å². The van der Waals surface area contributed by atoms with Crippen LogP contribution in [0.3, 0.4) is 0 Å². The summed E-state index contributed by atoms with van der Waals surface area (Å²) in [4.78, 5) is 195. The lowest BCUT2D eigenvalue weighted by Crippen LogP contribution is -2.64. The van der Waals surface area contributed by atoms with E-state index >= 15 is 0 Å². The number of fused-ring (bicyclic) bond motifs is 2. The lowest BCUT2D eigenvalue weighted by Gasteiger charge is -2.34. The van der Waals surface area contributed by atoms with Crippen LogP contribution in [-0.4, -0.2) is 275 Å². The molecule has 4 rings (SSSR count). The SMILES string of the molecule is Cc1cc(CC2NC(=O)C(C)NC(=O)C(C(C)O)NC(=O)CCOC(=O)C(CCCN)NC(=O)C(C(C)O)NC(=O)CNC(=O)C(C(O)CC(N)=O)NC(=O)C3C(O)CCN3C(=O)C(C(C)O)NC(=O)C(C(C)O)NC(=O)C3CC(O)CN3C(=O)C(C(C)C)NC2=O)ccc1O. The number of carbonyl (C=O) groups excluding carboxylic acids is 14. The molecule has 0 spiro atoms. The lowest BCUT2D eigenvalue weighted by molar-refractivity contribution is -0.149. The zero-order valence-corrected chi connectivity index (χ0v) is 54.4. The molecule has 0 bridgehead atoms. The van der Waals surface area contributed by atoms with Gasteiger partial charge in [0.05, 0.1) is 62.1 Å². The maximum absolute atomic E-state index is 14.7. The number of hydrogen-bond donors (Lipinski definition) is 20. The van der Waals surface area contributed by atoms with E-state index < -0.39 is 243 Å². The molecule has 0 aromatic heterocycles. The van der Waals surface area contributed by atoms with E-state index in [1.807, 2.05) is 0 Å². The second-order valence-electron chi connectivity index (χ2n) is 24.5. The Morgan fingerprint density at radius 2 is 1.16 bits per heavy atom. The number of rotatable bonds is 13. The number of phenolic OH excluding ortho intramolecular Hbond substituents is 1. The van der Waals surface area contributed by atoms with Gasteiger partial charge in [0.1, 0.15) is 78.8 Å². The predicted octanol–water partition coefficient (Wildman–Crippen LogP) is -10.2. The fraction of sp³-hybridized carbons (Fsp3) is 0.661. The Labute approximate surface area is 551 Å². The van der Waals surface area contributed by atoms with Crippen LogP contribution >= 0.6 is 0 Å². The summed E-state index contributed by atoms with van der Waals surface area (Å²) in [6, 6.07) is -15.5. The first-order chi connectivity index (χ1) is 44.9. The molecule has 3 saturated heterocycles. The average molecular weight is 1370 g/mol. The minimum Gasteiger partial charge on any atom is -0.508 e. The molecule has 0 aliphatic carbocycles. The van der Waals surface area contributed by atoms with Crippen molar-refractivity contribution in [3.8, 4) is 5.75 Å². The number of nitrogens with two attached hydrogens (primary N) is 2. The number of phenols is 1. The molecule has 536 valence electrons. The summed E-state index contributed by atoms with van der Waals surface area (Å²) in [5.41, 5.74) is 11.7. The van der Waals surface area contributed by atoms with E-state index in [0.29, 0.717) is 16.0 Å². The summed E-state index contributed by atoms with van der Waals surface area (Å²) in [6.07, 6.45) is -15.3. The fourth-order valence-electron chi connectivity index (χ4n) is 10.6. The van der Waals surface area contributed by atoms with E-state index in [1.54, 1.807) is 6.92 Å². The third-order valence-corrected chi connectivity index (χ3v) is 16.0. The maximum atomic E-state index is 14.7. The monoisotopic (exact) mass is 1360 g/mol. The zero-order valence-electron chi connectivity index (χ0n) is 54.4. The molecule has 18 unspecified atom stereocenters. The first-order valence-electron chi connectivity index (χ1n) is 31.2. The highest BCUT2D eigenvalue weighted by Crippen LogP contribution is 2.25. The predicted molar refractivity (Wildman–Crippen MR) is 330 cm³/mol. The van der Waals surface area contributed by atoms with Crippen LogP contribution in [0.5, 0.6) is 5.75 Å². The third kappa shape index (κ3) is 22.4. The van der Waals surface area contributed by atoms with Gasteiger partial charge in [-0.2, -0.15) is 0 Å². The van der Waals surface area contributed by atoms with Crippen molar-refractivity contribution in [3.05, 3.63) is 29.3 Å². The van der Waals surface area contributed by atoms with Gasteiger partial charge in [-0.1, -0.05) is 26.0 Å². The second kappa shape index (κ2) is 36.4. The van der Waals surface area contributed by atoms with E-state index in [4.69, 9.17) is 16.2 Å². The van der Waals surface area contributed by atoms with Crippen molar-refractivity contribution in [2.75, 3.05) is 32.8 Å². The van der Waals surface area contributed by atoms with Gasteiger partial charge in [-0.15, -0.1) is 0 Å². The first kappa shape index (κ1) is 79.7. The van der Waals surface area contributed by atoms with Gasteiger partial charge in [0.15, 0.2) is 0 Å². The number of benzene rings is 1. The highest BCUT2D eigenvalue weighted by molar-refractivity contribution is 6.00. The number of aliphatic hydroxyl groups excluding tert-OH is 7. The minimum atomic E-state index is -2.21. The molecular formula is C59H92N14O23. The molecule has 37 nitrogen and oxygen atoms in total. The second-order valence-corrected chi connectivity index (χ2v) is 24.5. The van der Waals surface area contributed by atoms with Crippen LogP contribution in [0.4, 0.5) is 0 Å². The number of cyclic esters (lactones) is 1. The summed E-state index contributed by atoms with van der Waals surface area (Å²) < 4.78 is 5.25. The number of esters is 1. The largest absolute Gasteiger partial charge is 0.508 e. The van der Waals surface area contributed by atoms with Gasteiger partial charge in [0, 0.05) is 25.9 Å². The number of primary amides is 1. The average Bonchev–Trinajstić information content (AvgIpc) is 1.61. The lowest BCUT2D eigenvalue weighted by atomic mass is 9.99. The van der Waals surface area contributed by atoms with E-state index in [0.717, 1.165) is 32.6 Å². The molecule has 37 heteroatoms. The van der Waals surface area contributed by atoms with Gasteiger partial charge < -0.3 is 120 Å². The number of carbonyl (C=O) groups is 14.